The highest BCUT2D eigenvalue weighted by Crippen LogP contribution is 2.39. The molecule has 1 heterocycles. The maximum absolute atomic E-state index is 5.23. The number of fused-ring (bicyclic) bond motifs is 3. The van der Waals surface area contributed by atoms with Gasteiger partial charge in [0.1, 0.15) is 0 Å². The molecular weight excluding hydrogens is 655 g/mol. The van der Waals surface area contributed by atoms with Crippen LogP contribution in [0.5, 0.6) is 0 Å². The highest BCUT2D eigenvalue weighted by Gasteiger charge is 2.17. The molecule has 0 unspecified atom stereocenters. The van der Waals surface area contributed by atoms with E-state index in [0.29, 0.717) is 17.5 Å². The zero-order chi connectivity index (χ0) is 35.8. The zero-order valence-electron chi connectivity index (χ0n) is 29.4. The maximum Gasteiger partial charge on any atom is 0.164 e. The Morgan fingerprint density at radius 2 is 0.685 bits per heavy atom. The minimum Gasteiger partial charge on any atom is -0.208 e. The molecule has 3 nitrogen and oxygen atoms in total. The maximum atomic E-state index is 5.23. The van der Waals surface area contributed by atoms with Crippen molar-refractivity contribution < 1.29 is 0 Å². The summed E-state index contributed by atoms with van der Waals surface area (Å²) in [5.41, 5.74) is 9.84. The van der Waals surface area contributed by atoms with Gasteiger partial charge in [-0.05, 0) is 83.9 Å². The van der Waals surface area contributed by atoms with E-state index in [0.717, 1.165) is 33.2 Å². The van der Waals surface area contributed by atoms with E-state index < -0.39 is 0 Å². The summed E-state index contributed by atoms with van der Waals surface area (Å²) in [5.74, 6) is 1.90. The molecule has 0 atom stereocenters. The van der Waals surface area contributed by atoms with E-state index in [1.165, 1.54) is 49.2 Å². The molecule has 0 saturated heterocycles. The van der Waals surface area contributed by atoms with Crippen molar-refractivity contribution in [2.24, 2.45) is 0 Å². The fraction of sp³-hybridized carbons (Fsp3) is 0. The summed E-state index contributed by atoms with van der Waals surface area (Å²) in [4.78, 5) is 15.5. The van der Waals surface area contributed by atoms with Crippen LogP contribution < -0.4 is 0 Å². The Morgan fingerprint density at radius 3 is 1.39 bits per heavy atom. The highest BCUT2D eigenvalue weighted by atomic mass is 15.0. The van der Waals surface area contributed by atoms with E-state index in [9.17, 15) is 0 Å². The number of aromatic nitrogens is 3. The minimum atomic E-state index is 0.630. The van der Waals surface area contributed by atoms with Gasteiger partial charge < -0.3 is 0 Å². The van der Waals surface area contributed by atoms with E-state index in [1.54, 1.807) is 0 Å². The van der Waals surface area contributed by atoms with E-state index in [1.807, 2.05) is 18.2 Å². The zero-order valence-corrected chi connectivity index (χ0v) is 29.4. The Morgan fingerprint density at radius 1 is 0.222 bits per heavy atom. The SMILES string of the molecule is c1ccc(-c2nc(-c3cccc(-c4ccc(-c5ccccc5)c5ccccc45)c3)nc(-c3cc(-c4cccc5ccccc45)c4ccccc4c3)n2)cc1. The molecule has 10 aromatic rings. The lowest BCUT2D eigenvalue weighted by Crippen LogP contribution is -2.00. The third kappa shape index (κ3) is 5.69. The smallest absolute Gasteiger partial charge is 0.164 e. The molecule has 0 aliphatic rings. The van der Waals surface area contributed by atoms with Crippen molar-refractivity contribution in [1.82, 2.24) is 15.0 Å². The molecule has 0 amide bonds. The average Bonchev–Trinajstić information content (AvgIpc) is 3.26. The largest absolute Gasteiger partial charge is 0.208 e. The Labute approximate surface area is 313 Å². The Bertz CT molecular complexity index is 2980. The first-order valence-corrected chi connectivity index (χ1v) is 18.3. The van der Waals surface area contributed by atoms with Crippen LogP contribution in [0, 0.1) is 0 Å². The lowest BCUT2D eigenvalue weighted by Gasteiger charge is -2.14. The van der Waals surface area contributed by atoms with Crippen LogP contribution in [-0.4, -0.2) is 15.0 Å². The minimum absolute atomic E-state index is 0.630. The molecule has 0 aliphatic heterocycles. The van der Waals surface area contributed by atoms with Crippen LogP contribution in [0.3, 0.4) is 0 Å². The molecule has 9 aromatic carbocycles. The van der Waals surface area contributed by atoms with E-state index in [-0.39, 0.29) is 0 Å². The second-order valence-corrected chi connectivity index (χ2v) is 13.6. The van der Waals surface area contributed by atoms with Crippen LogP contribution >= 0.6 is 0 Å². The van der Waals surface area contributed by atoms with E-state index in [4.69, 9.17) is 15.0 Å². The molecule has 1 aromatic heterocycles. The van der Waals surface area contributed by atoms with Crippen LogP contribution in [0.4, 0.5) is 0 Å². The van der Waals surface area contributed by atoms with Crippen LogP contribution in [0.25, 0.3) is 99.9 Å². The first-order chi connectivity index (χ1) is 26.8. The fourth-order valence-electron chi connectivity index (χ4n) is 7.72. The summed E-state index contributed by atoms with van der Waals surface area (Å²) in [7, 11) is 0. The first kappa shape index (κ1) is 31.5. The molecule has 10 rings (SSSR count). The Kier molecular flexibility index (Phi) is 7.81. The summed E-state index contributed by atoms with van der Waals surface area (Å²) in [5, 5.41) is 7.17. The predicted molar refractivity (Wildman–Crippen MR) is 225 cm³/mol. The molecule has 0 N–H and O–H groups in total. The van der Waals surface area contributed by atoms with Gasteiger partial charge >= 0.3 is 0 Å². The summed E-state index contributed by atoms with van der Waals surface area (Å²) < 4.78 is 0. The van der Waals surface area contributed by atoms with Crippen molar-refractivity contribution in [2.45, 2.75) is 0 Å². The van der Waals surface area contributed by atoms with Gasteiger partial charge in [0.05, 0.1) is 0 Å². The van der Waals surface area contributed by atoms with Crippen LogP contribution in [0.1, 0.15) is 0 Å². The summed E-state index contributed by atoms with van der Waals surface area (Å²) >= 11 is 0. The fourth-order valence-corrected chi connectivity index (χ4v) is 7.72. The molecule has 0 bridgehead atoms. The molecule has 0 spiro atoms. The number of rotatable bonds is 6. The summed E-state index contributed by atoms with van der Waals surface area (Å²) in [6.07, 6.45) is 0. The van der Waals surface area contributed by atoms with Crippen molar-refractivity contribution in [3.63, 3.8) is 0 Å². The number of nitrogens with zero attached hydrogens (tertiary/aromatic N) is 3. The van der Waals surface area contributed by atoms with Gasteiger partial charge in [0, 0.05) is 16.7 Å². The van der Waals surface area contributed by atoms with Crippen molar-refractivity contribution >= 4 is 32.3 Å². The molecule has 3 heteroatoms. The summed E-state index contributed by atoms with van der Waals surface area (Å²) in [6, 6.07) is 70.6. The lowest BCUT2D eigenvalue weighted by atomic mass is 9.91. The Hall–Kier alpha value is -7.23. The predicted octanol–water partition coefficient (Wildman–Crippen LogP) is 13.3. The highest BCUT2D eigenvalue weighted by molar-refractivity contribution is 6.07. The van der Waals surface area contributed by atoms with Crippen molar-refractivity contribution in [2.75, 3.05) is 0 Å². The van der Waals surface area contributed by atoms with Gasteiger partial charge in [-0.15, -0.1) is 0 Å². The molecular formula is C51H33N3. The number of hydrogen-bond acceptors (Lipinski definition) is 3. The quantitative estimate of drug-likeness (QED) is 0.175. The third-order valence-corrected chi connectivity index (χ3v) is 10.3. The van der Waals surface area contributed by atoms with Crippen LogP contribution in [0.15, 0.2) is 200 Å². The molecule has 0 radical (unpaired) electrons. The molecule has 252 valence electrons. The Balaban J connectivity index is 1.15. The first-order valence-electron chi connectivity index (χ1n) is 18.3. The molecule has 0 aliphatic carbocycles. The third-order valence-electron chi connectivity index (χ3n) is 10.3. The van der Waals surface area contributed by atoms with Gasteiger partial charge in [-0.3, -0.25) is 0 Å². The average molecular weight is 688 g/mol. The standard InChI is InChI=1S/C51H33N3/c1-3-15-34(16-4-1)43-29-30-44(46-27-12-11-26-45(43)46)38-22-13-23-39(31-38)50-52-49(36-18-5-2-6-19-36)53-51(54-50)40-32-37-20-8-10-25-42(37)48(33-40)47-28-14-21-35-17-7-9-24-41(35)47/h1-33H. The lowest BCUT2D eigenvalue weighted by molar-refractivity contribution is 1.07. The van der Waals surface area contributed by atoms with Crippen molar-refractivity contribution in [3.05, 3.63) is 200 Å². The molecule has 0 saturated carbocycles. The topological polar surface area (TPSA) is 38.7 Å². The summed E-state index contributed by atoms with van der Waals surface area (Å²) in [6.45, 7) is 0. The molecule has 54 heavy (non-hydrogen) atoms. The second kappa shape index (κ2) is 13.4. The van der Waals surface area contributed by atoms with Crippen LogP contribution in [-0.2, 0) is 0 Å². The van der Waals surface area contributed by atoms with Crippen LogP contribution in [0.2, 0.25) is 0 Å². The monoisotopic (exact) mass is 687 g/mol. The molecule has 0 fully saturated rings. The van der Waals surface area contributed by atoms with Gasteiger partial charge in [-0.1, -0.05) is 182 Å². The number of benzene rings is 9. The van der Waals surface area contributed by atoms with Gasteiger partial charge in [0.25, 0.3) is 0 Å². The normalized spacial score (nSPS) is 11.3. The second-order valence-electron chi connectivity index (χ2n) is 13.6. The van der Waals surface area contributed by atoms with Gasteiger partial charge in [0.15, 0.2) is 17.5 Å². The van der Waals surface area contributed by atoms with Crippen molar-refractivity contribution in [1.29, 1.82) is 0 Å². The number of hydrogen-bond donors (Lipinski definition) is 0. The van der Waals surface area contributed by atoms with Gasteiger partial charge in [-0.25, -0.2) is 15.0 Å². The van der Waals surface area contributed by atoms with Gasteiger partial charge in [-0.2, -0.15) is 0 Å². The van der Waals surface area contributed by atoms with Crippen molar-refractivity contribution in [3.8, 4) is 67.5 Å². The van der Waals surface area contributed by atoms with E-state index >= 15 is 0 Å². The van der Waals surface area contributed by atoms with E-state index in [2.05, 4.69) is 182 Å². The van der Waals surface area contributed by atoms with Gasteiger partial charge in [0.2, 0.25) is 0 Å².